The first-order chi connectivity index (χ1) is 13.5. The van der Waals surface area contributed by atoms with Crippen molar-refractivity contribution in [2.45, 2.75) is 6.54 Å². The number of aromatic nitrogens is 4. The molecule has 0 saturated carbocycles. The van der Waals surface area contributed by atoms with Gasteiger partial charge in [0.2, 0.25) is 6.79 Å². The van der Waals surface area contributed by atoms with Gasteiger partial charge in [-0.25, -0.2) is 0 Å². The molecule has 1 aliphatic heterocycles. The SMILES string of the molecule is Cn1cc(CNC(=O)c2c(NC(=O)c3ccc4c(c3)OCO4)cnn2C)cn1. The maximum atomic E-state index is 12.6. The number of aryl methyl sites for hydroxylation is 2. The summed E-state index contributed by atoms with van der Waals surface area (Å²) < 4.78 is 13.6. The van der Waals surface area contributed by atoms with Crippen molar-refractivity contribution < 1.29 is 19.1 Å². The van der Waals surface area contributed by atoms with Gasteiger partial charge in [0.25, 0.3) is 11.8 Å². The van der Waals surface area contributed by atoms with E-state index in [-0.39, 0.29) is 24.3 Å². The summed E-state index contributed by atoms with van der Waals surface area (Å²) in [6.45, 7) is 0.442. The van der Waals surface area contributed by atoms with E-state index < -0.39 is 0 Å². The molecule has 0 aliphatic carbocycles. The van der Waals surface area contributed by atoms with E-state index in [1.807, 2.05) is 6.20 Å². The Bertz CT molecular complexity index is 1050. The normalized spacial score (nSPS) is 12.1. The molecular weight excluding hydrogens is 364 g/mol. The van der Waals surface area contributed by atoms with E-state index in [9.17, 15) is 9.59 Å². The van der Waals surface area contributed by atoms with Gasteiger partial charge in [0.05, 0.1) is 18.1 Å². The molecule has 1 aromatic carbocycles. The summed E-state index contributed by atoms with van der Waals surface area (Å²) in [5.41, 5.74) is 1.81. The molecule has 144 valence electrons. The van der Waals surface area contributed by atoms with Crippen LogP contribution < -0.4 is 20.1 Å². The highest BCUT2D eigenvalue weighted by atomic mass is 16.7. The monoisotopic (exact) mass is 382 g/mol. The Hall–Kier alpha value is -3.82. The fourth-order valence-corrected chi connectivity index (χ4v) is 2.86. The topological polar surface area (TPSA) is 112 Å². The minimum Gasteiger partial charge on any atom is -0.454 e. The number of hydrogen-bond acceptors (Lipinski definition) is 6. The van der Waals surface area contributed by atoms with Gasteiger partial charge in [-0.1, -0.05) is 0 Å². The summed E-state index contributed by atoms with van der Waals surface area (Å²) in [5, 5.41) is 13.7. The van der Waals surface area contributed by atoms with Crippen LogP contribution in [-0.2, 0) is 20.6 Å². The summed E-state index contributed by atoms with van der Waals surface area (Å²) in [5.74, 6) is 0.360. The molecule has 0 bridgehead atoms. The number of nitrogens with one attached hydrogen (secondary N) is 2. The van der Waals surface area contributed by atoms with Gasteiger partial charge < -0.3 is 20.1 Å². The molecule has 2 amide bonds. The second-order valence-electron chi connectivity index (χ2n) is 6.26. The quantitative estimate of drug-likeness (QED) is 0.683. The smallest absolute Gasteiger partial charge is 0.271 e. The highest BCUT2D eigenvalue weighted by Gasteiger charge is 2.21. The van der Waals surface area contributed by atoms with E-state index in [1.165, 1.54) is 10.9 Å². The molecule has 10 heteroatoms. The van der Waals surface area contributed by atoms with Crippen molar-refractivity contribution in [2.24, 2.45) is 14.1 Å². The number of benzene rings is 1. The van der Waals surface area contributed by atoms with Crippen LogP contribution in [0.5, 0.6) is 11.5 Å². The zero-order chi connectivity index (χ0) is 19.7. The lowest BCUT2D eigenvalue weighted by Gasteiger charge is -2.09. The van der Waals surface area contributed by atoms with Crippen molar-refractivity contribution in [1.29, 1.82) is 0 Å². The largest absolute Gasteiger partial charge is 0.454 e. The van der Waals surface area contributed by atoms with Crippen LogP contribution in [0.15, 0.2) is 36.8 Å². The Kier molecular flexibility index (Phi) is 4.44. The van der Waals surface area contributed by atoms with Crippen LogP contribution in [-0.4, -0.2) is 38.2 Å². The Morgan fingerprint density at radius 2 is 1.93 bits per heavy atom. The van der Waals surface area contributed by atoms with Gasteiger partial charge in [-0.3, -0.25) is 19.0 Å². The molecule has 1 aliphatic rings. The lowest BCUT2D eigenvalue weighted by atomic mass is 10.2. The summed E-state index contributed by atoms with van der Waals surface area (Å²) in [7, 11) is 3.44. The number of anilines is 1. The van der Waals surface area contributed by atoms with Gasteiger partial charge in [0.1, 0.15) is 5.69 Å². The Morgan fingerprint density at radius 1 is 1.11 bits per heavy atom. The van der Waals surface area contributed by atoms with Crippen LogP contribution in [0, 0.1) is 0 Å². The molecule has 28 heavy (non-hydrogen) atoms. The number of nitrogens with zero attached hydrogens (tertiary/aromatic N) is 4. The number of fused-ring (bicyclic) bond motifs is 1. The predicted molar refractivity (Wildman–Crippen MR) is 98.1 cm³/mol. The first-order valence-electron chi connectivity index (χ1n) is 8.50. The molecule has 10 nitrogen and oxygen atoms in total. The van der Waals surface area contributed by atoms with Crippen molar-refractivity contribution in [3.8, 4) is 11.5 Å². The summed E-state index contributed by atoms with van der Waals surface area (Å²) >= 11 is 0. The van der Waals surface area contributed by atoms with Crippen molar-refractivity contribution in [1.82, 2.24) is 24.9 Å². The molecule has 0 spiro atoms. The molecule has 0 atom stereocenters. The van der Waals surface area contributed by atoms with E-state index in [0.717, 1.165) is 5.56 Å². The van der Waals surface area contributed by atoms with Crippen molar-refractivity contribution >= 4 is 17.5 Å². The number of rotatable bonds is 5. The van der Waals surface area contributed by atoms with Crippen molar-refractivity contribution in [2.75, 3.05) is 12.1 Å². The molecule has 3 aromatic rings. The van der Waals surface area contributed by atoms with Gasteiger partial charge in [0, 0.05) is 38.0 Å². The fraction of sp³-hybridized carbons (Fsp3) is 0.222. The van der Waals surface area contributed by atoms with Crippen LogP contribution in [0.2, 0.25) is 0 Å². The lowest BCUT2D eigenvalue weighted by Crippen LogP contribution is -2.26. The van der Waals surface area contributed by atoms with Gasteiger partial charge in [-0.05, 0) is 18.2 Å². The molecule has 0 radical (unpaired) electrons. The Labute approximate surface area is 160 Å². The van der Waals surface area contributed by atoms with E-state index in [2.05, 4.69) is 20.8 Å². The molecule has 0 fully saturated rings. The van der Waals surface area contributed by atoms with Crippen LogP contribution in [0.25, 0.3) is 0 Å². The summed E-state index contributed by atoms with van der Waals surface area (Å²) in [6.07, 6.45) is 4.92. The molecule has 0 unspecified atom stereocenters. The number of carbonyl (C=O) groups is 2. The summed E-state index contributed by atoms with van der Waals surface area (Å²) in [4.78, 5) is 25.2. The predicted octanol–water partition coefficient (Wildman–Crippen LogP) is 1.06. The van der Waals surface area contributed by atoms with Crippen LogP contribution >= 0.6 is 0 Å². The van der Waals surface area contributed by atoms with E-state index in [4.69, 9.17) is 9.47 Å². The third-order valence-corrected chi connectivity index (χ3v) is 4.25. The van der Waals surface area contributed by atoms with Gasteiger partial charge >= 0.3 is 0 Å². The number of ether oxygens (including phenoxy) is 2. The Balaban J connectivity index is 1.48. The zero-order valence-electron chi connectivity index (χ0n) is 15.3. The minimum absolute atomic E-state index is 0.129. The second kappa shape index (κ2) is 7.06. The van der Waals surface area contributed by atoms with Gasteiger partial charge in [-0.15, -0.1) is 0 Å². The highest BCUT2D eigenvalue weighted by molar-refractivity contribution is 6.08. The third-order valence-electron chi connectivity index (χ3n) is 4.25. The standard InChI is InChI=1S/C18H18N6O4/c1-23-9-11(7-20-23)6-19-18(26)16-13(8-21-24(16)2)22-17(25)12-3-4-14-15(5-12)28-10-27-14/h3-5,7-9H,6,10H2,1-2H3,(H,19,26)(H,22,25). The van der Waals surface area contributed by atoms with Crippen LogP contribution in [0.1, 0.15) is 26.4 Å². The first kappa shape index (κ1) is 17.6. The van der Waals surface area contributed by atoms with Crippen molar-refractivity contribution in [3.05, 3.63) is 53.6 Å². The van der Waals surface area contributed by atoms with Crippen molar-refractivity contribution in [3.63, 3.8) is 0 Å². The fourth-order valence-electron chi connectivity index (χ4n) is 2.86. The number of carbonyl (C=O) groups excluding carboxylic acids is 2. The van der Waals surface area contributed by atoms with E-state index in [1.54, 1.807) is 43.2 Å². The zero-order valence-corrected chi connectivity index (χ0v) is 15.3. The maximum Gasteiger partial charge on any atom is 0.271 e. The van der Waals surface area contributed by atoms with E-state index >= 15 is 0 Å². The average molecular weight is 382 g/mol. The summed E-state index contributed by atoms with van der Waals surface area (Å²) in [6, 6.07) is 4.89. The number of amides is 2. The lowest BCUT2D eigenvalue weighted by molar-refractivity contribution is 0.0942. The molecule has 3 heterocycles. The van der Waals surface area contributed by atoms with Gasteiger partial charge in [-0.2, -0.15) is 10.2 Å². The minimum atomic E-state index is -0.382. The van der Waals surface area contributed by atoms with E-state index in [0.29, 0.717) is 29.3 Å². The molecule has 4 rings (SSSR count). The molecule has 2 N–H and O–H groups in total. The number of hydrogen-bond donors (Lipinski definition) is 2. The van der Waals surface area contributed by atoms with Gasteiger partial charge in [0.15, 0.2) is 11.5 Å². The highest BCUT2D eigenvalue weighted by Crippen LogP contribution is 2.32. The third kappa shape index (κ3) is 3.39. The molecule has 2 aromatic heterocycles. The Morgan fingerprint density at radius 3 is 2.71 bits per heavy atom. The maximum absolute atomic E-state index is 12.6. The molecule has 0 saturated heterocycles. The second-order valence-corrected chi connectivity index (χ2v) is 6.26. The average Bonchev–Trinajstić information content (AvgIpc) is 3.39. The molecular formula is C18H18N6O4. The van der Waals surface area contributed by atoms with Crippen LogP contribution in [0.4, 0.5) is 5.69 Å². The first-order valence-corrected chi connectivity index (χ1v) is 8.50. The van der Waals surface area contributed by atoms with Crippen LogP contribution in [0.3, 0.4) is 0 Å².